The molecule has 0 fully saturated rings. The van der Waals surface area contributed by atoms with Crippen molar-refractivity contribution in [3.8, 4) is 11.1 Å². The molecule has 0 amide bonds. The SMILES string of the molecule is CCCCCCC1c2ccccc2-c2cccc(Br)c21. The summed E-state index contributed by atoms with van der Waals surface area (Å²) < 4.78 is 1.27. The van der Waals surface area contributed by atoms with Crippen molar-refractivity contribution in [1.29, 1.82) is 0 Å². The maximum Gasteiger partial charge on any atom is 0.0219 e. The molecule has 104 valence electrons. The second-order valence-corrected chi connectivity index (χ2v) is 6.54. The Bertz CT molecular complexity index is 600. The highest BCUT2D eigenvalue weighted by Crippen LogP contribution is 2.49. The normalized spacial score (nSPS) is 16.0. The lowest BCUT2D eigenvalue weighted by atomic mass is 9.91. The minimum atomic E-state index is 0.577. The first-order chi connectivity index (χ1) is 9.83. The van der Waals surface area contributed by atoms with E-state index in [2.05, 4.69) is 65.3 Å². The summed E-state index contributed by atoms with van der Waals surface area (Å²) in [6, 6.07) is 15.5. The van der Waals surface area contributed by atoms with Gasteiger partial charge < -0.3 is 0 Å². The van der Waals surface area contributed by atoms with Crippen LogP contribution in [0.5, 0.6) is 0 Å². The van der Waals surface area contributed by atoms with Gasteiger partial charge in [0.05, 0.1) is 0 Å². The highest BCUT2D eigenvalue weighted by molar-refractivity contribution is 9.10. The fourth-order valence-corrected chi connectivity index (χ4v) is 4.05. The van der Waals surface area contributed by atoms with Gasteiger partial charge in [0.2, 0.25) is 0 Å². The second-order valence-electron chi connectivity index (χ2n) is 5.69. The van der Waals surface area contributed by atoms with Gasteiger partial charge in [-0.1, -0.05) is 84.9 Å². The van der Waals surface area contributed by atoms with Crippen LogP contribution in [0, 0.1) is 0 Å². The molecule has 0 aromatic heterocycles. The largest absolute Gasteiger partial charge is 0.0654 e. The molecule has 0 nitrogen and oxygen atoms in total. The van der Waals surface area contributed by atoms with Crippen molar-refractivity contribution >= 4 is 15.9 Å². The Morgan fingerprint density at radius 1 is 0.900 bits per heavy atom. The smallest absolute Gasteiger partial charge is 0.0219 e. The minimum Gasteiger partial charge on any atom is -0.0654 e. The number of hydrogen-bond donors (Lipinski definition) is 0. The van der Waals surface area contributed by atoms with E-state index in [0.29, 0.717) is 5.92 Å². The van der Waals surface area contributed by atoms with Crippen molar-refractivity contribution in [2.24, 2.45) is 0 Å². The van der Waals surface area contributed by atoms with Gasteiger partial charge in [-0.3, -0.25) is 0 Å². The van der Waals surface area contributed by atoms with E-state index in [1.807, 2.05) is 0 Å². The molecule has 2 aromatic rings. The number of unbranched alkanes of at least 4 members (excludes halogenated alkanes) is 3. The summed E-state index contributed by atoms with van der Waals surface area (Å²) in [5.74, 6) is 0.577. The van der Waals surface area contributed by atoms with Crippen LogP contribution in [0.15, 0.2) is 46.9 Å². The van der Waals surface area contributed by atoms with Crippen molar-refractivity contribution in [1.82, 2.24) is 0 Å². The monoisotopic (exact) mass is 328 g/mol. The van der Waals surface area contributed by atoms with E-state index in [1.54, 1.807) is 0 Å². The molecule has 0 bridgehead atoms. The van der Waals surface area contributed by atoms with E-state index >= 15 is 0 Å². The number of rotatable bonds is 5. The third-order valence-corrected chi connectivity index (χ3v) is 5.07. The molecular weight excluding hydrogens is 308 g/mol. The summed E-state index contributed by atoms with van der Waals surface area (Å²) in [7, 11) is 0. The molecule has 0 saturated carbocycles. The number of fused-ring (bicyclic) bond motifs is 3. The summed E-state index contributed by atoms with van der Waals surface area (Å²) in [6.07, 6.45) is 6.62. The van der Waals surface area contributed by atoms with E-state index in [4.69, 9.17) is 0 Å². The molecule has 20 heavy (non-hydrogen) atoms. The van der Waals surface area contributed by atoms with Gasteiger partial charge in [-0.2, -0.15) is 0 Å². The van der Waals surface area contributed by atoms with Crippen LogP contribution < -0.4 is 0 Å². The first-order valence-electron chi connectivity index (χ1n) is 7.70. The molecule has 1 unspecified atom stereocenters. The molecule has 0 heterocycles. The van der Waals surface area contributed by atoms with Crippen LogP contribution in [0.2, 0.25) is 0 Å². The number of halogens is 1. The molecule has 1 aliphatic rings. The topological polar surface area (TPSA) is 0 Å². The lowest BCUT2D eigenvalue weighted by Crippen LogP contribution is -1.97. The number of benzene rings is 2. The lowest BCUT2D eigenvalue weighted by molar-refractivity contribution is 0.600. The number of hydrogen-bond acceptors (Lipinski definition) is 0. The van der Waals surface area contributed by atoms with Gasteiger partial charge in [0, 0.05) is 10.4 Å². The Balaban J connectivity index is 1.94. The zero-order chi connectivity index (χ0) is 13.9. The quantitative estimate of drug-likeness (QED) is 0.547. The molecule has 0 spiro atoms. The molecule has 0 radical (unpaired) electrons. The maximum atomic E-state index is 3.77. The fraction of sp³-hybridized carbons (Fsp3) is 0.368. The molecule has 0 saturated heterocycles. The molecule has 1 heteroatoms. The average Bonchev–Trinajstić information content (AvgIpc) is 2.80. The molecule has 2 aromatic carbocycles. The predicted molar refractivity (Wildman–Crippen MR) is 90.2 cm³/mol. The van der Waals surface area contributed by atoms with E-state index in [0.717, 1.165) is 0 Å². The Labute approximate surface area is 130 Å². The fourth-order valence-electron chi connectivity index (χ4n) is 3.40. The van der Waals surface area contributed by atoms with E-state index in [1.165, 1.54) is 58.8 Å². The van der Waals surface area contributed by atoms with Crippen molar-refractivity contribution in [2.75, 3.05) is 0 Å². The van der Waals surface area contributed by atoms with Crippen LogP contribution >= 0.6 is 15.9 Å². The molecule has 1 atom stereocenters. The highest BCUT2D eigenvalue weighted by atomic mass is 79.9. The summed E-state index contributed by atoms with van der Waals surface area (Å²) in [5, 5.41) is 0. The van der Waals surface area contributed by atoms with Crippen molar-refractivity contribution in [3.63, 3.8) is 0 Å². The van der Waals surface area contributed by atoms with Gasteiger partial charge in [0.1, 0.15) is 0 Å². The third-order valence-electron chi connectivity index (χ3n) is 4.37. The summed E-state index contributed by atoms with van der Waals surface area (Å²) >= 11 is 3.77. The maximum absolute atomic E-state index is 3.77. The Morgan fingerprint density at radius 3 is 2.55 bits per heavy atom. The predicted octanol–water partition coefficient (Wildman–Crippen LogP) is 6.53. The second kappa shape index (κ2) is 6.13. The standard InChI is InChI=1S/C19H21Br/c1-2-3-4-5-11-16-14-9-6-7-10-15(14)17-12-8-13-18(20)19(16)17/h6-10,12-13,16H,2-5,11H2,1H3. The zero-order valence-electron chi connectivity index (χ0n) is 12.0. The van der Waals surface area contributed by atoms with Gasteiger partial charge in [-0.15, -0.1) is 0 Å². The molecular formula is C19H21Br. The van der Waals surface area contributed by atoms with E-state index in [-0.39, 0.29) is 0 Å². The Morgan fingerprint density at radius 2 is 1.70 bits per heavy atom. The van der Waals surface area contributed by atoms with Gasteiger partial charge in [0.25, 0.3) is 0 Å². The van der Waals surface area contributed by atoms with E-state index < -0.39 is 0 Å². The van der Waals surface area contributed by atoms with Crippen LogP contribution in [0.25, 0.3) is 11.1 Å². The van der Waals surface area contributed by atoms with Gasteiger partial charge in [-0.05, 0) is 34.7 Å². The highest BCUT2D eigenvalue weighted by Gasteiger charge is 2.29. The van der Waals surface area contributed by atoms with Gasteiger partial charge >= 0.3 is 0 Å². The first kappa shape index (κ1) is 13.9. The van der Waals surface area contributed by atoms with Gasteiger partial charge in [-0.25, -0.2) is 0 Å². The molecule has 3 rings (SSSR count). The van der Waals surface area contributed by atoms with Crippen LogP contribution in [0.1, 0.15) is 56.1 Å². The Hall–Kier alpha value is -1.08. The summed E-state index contributed by atoms with van der Waals surface area (Å²) in [5.41, 5.74) is 5.89. The van der Waals surface area contributed by atoms with Crippen LogP contribution in [0.4, 0.5) is 0 Å². The molecule has 0 aliphatic heterocycles. The zero-order valence-corrected chi connectivity index (χ0v) is 13.6. The van der Waals surface area contributed by atoms with Gasteiger partial charge in [0.15, 0.2) is 0 Å². The first-order valence-corrected chi connectivity index (χ1v) is 8.50. The van der Waals surface area contributed by atoms with E-state index in [9.17, 15) is 0 Å². The van der Waals surface area contributed by atoms with Crippen molar-refractivity contribution in [3.05, 3.63) is 58.1 Å². The van der Waals surface area contributed by atoms with Crippen LogP contribution in [-0.4, -0.2) is 0 Å². The minimum absolute atomic E-state index is 0.577. The lowest BCUT2D eigenvalue weighted by Gasteiger charge is -2.14. The van der Waals surface area contributed by atoms with Crippen LogP contribution in [-0.2, 0) is 0 Å². The van der Waals surface area contributed by atoms with Crippen LogP contribution in [0.3, 0.4) is 0 Å². The molecule has 0 N–H and O–H groups in total. The average molecular weight is 329 g/mol. The third kappa shape index (κ3) is 2.44. The van der Waals surface area contributed by atoms with Crippen molar-refractivity contribution in [2.45, 2.75) is 44.9 Å². The Kier molecular flexibility index (Phi) is 4.26. The van der Waals surface area contributed by atoms with Crippen molar-refractivity contribution < 1.29 is 0 Å². The summed E-state index contributed by atoms with van der Waals surface area (Å²) in [4.78, 5) is 0. The summed E-state index contributed by atoms with van der Waals surface area (Å²) in [6.45, 7) is 2.27. The molecule has 1 aliphatic carbocycles.